The van der Waals surface area contributed by atoms with Crippen LogP contribution in [0.4, 0.5) is 11.8 Å². The van der Waals surface area contributed by atoms with Crippen LogP contribution >= 0.6 is 11.3 Å². The van der Waals surface area contributed by atoms with Crippen LogP contribution in [-0.4, -0.2) is 60.1 Å². The highest BCUT2D eigenvalue weighted by Gasteiger charge is 2.20. The van der Waals surface area contributed by atoms with Crippen LogP contribution in [0.5, 0.6) is 0 Å². The molecule has 0 spiro atoms. The average Bonchev–Trinajstić information content (AvgIpc) is 2.92. The first-order chi connectivity index (χ1) is 11.0. The van der Waals surface area contributed by atoms with Crippen LogP contribution in [0.15, 0.2) is 11.4 Å². The highest BCUT2D eigenvalue weighted by Crippen LogP contribution is 2.18. The Morgan fingerprint density at radius 3 is 2.43 bits per heavy atom. The fourth-order valence-electron chi connectivity index (χ4n) is 2.72. The van der Waals surface area contributed by atoms with E-state index in [-0.39, 0.29) is 0 Å². The van der Waals surface area contributed by atoms with Gasteiger partial charge in [-0.15, -0.1) is 11.3 Å². The predicted molar refractivity (Wildman–Crippen MR) is 95.4 cm³/mol. The lowest BCUT2D eigenvalue weighted by atomic mass is 10.3. The predicted octanol–water partition coefficient (Wildman–Crippen LogP) is 1.94. The minimum Gasteiger partial charge on any atom is -0.363 e. The van der Waals surface area contributed by atoms with E-state index in [0.717, 1.165) is 55.2 Å². The van der Waals surface area contributed by atoms with Crippen LogP contribution < -0.4 is 9.80 Å². The molecule has 1 fully saturated rings. The van der Waals surface area contributed by atoms with Crippen molar-refractivity contribution in [2.24, 2.45) is 0 Å². The van der Waals surface area contributed by atoms with Crippen molar-refractivity contribution in [1.82, 2.24) is 19.9 Å². The Labute approximate surface area is 141 Å². The molecule has 1 aliphatic heterocycles. The van der Waals surface area contributed by atoms with Gasteiger partial charge >= 0.3 is 0 Å². The van der Waals surface area contributed by atoms with Crippen molar-refractivity contribution in [3.05, 3.63) is 27.8 Å². The van der Waals surface area contributed by atoms with Gasteiger partial charge in [0.25, 0.3) is 0 Å². The molecule has 0 saturated carbocycles. The summed E-state index contributed by atoms with van der Waals surface area (Å²) in [6.45, 7) is 8.98. The molecular weight excluding hydrogens is 308 g/mol. The lowest BCUT2D eigenvalue weighted by Gasteiger charge is -2.34. The lowest BCUT2D eigenvalue weighted by Crippen LogP contribution is -2.46. The third kappa shape index (κ3) is 3.97. The summed E-state index contributed by atoms with van der Waals surface area (Å²) in [5.74, 6) is 1.81. The van der Waals surface area contributed by atoms with E-state index in [1.807, 2.05) is 32.0 Å². The molecule has 7 heteroatoms. The molecule has 6 nitrogen and oxygen atoms in total. The van der Waals surface area contributed by atoms with Gasteiger partial charge in [0, 0.05) is 64.0 Å². The van der Waals surface area contributed by atoms with Crippen molar-refractivity contribution in [2.75, 3.05) is 50.1 Å². The molecule has 0 atom stereocenters. The molecule has 124 valence electrons. The molecule has 0 aliphatic carbocycles. The van der Waals surface area contributed by atoms with Crippen LogP contribution in [0, 0.1) is 13.8 Å². The standard InChI is InChI=1S/C16H24N6S/c1-12-9-15(20(3)4)19-16(17-12)22-7-5-21(6-8-22)10-14-11-23-13(2)18-14/h9,11H,5-8,10H2,1-4H3. The van der Waals surface area contributed by atoms with Gasteiger partial charge in [-0.05, 0) is 13.8 Å². The third-order valence-electron chi connectivity index (χ3n) is 3.99. The topological polar surface area (TPSA) is 48.4 Å². The van der Waals surface area contributed by atoms with Crippen LogP contribution in [0.25, 0.3) is 0 Å². The number of aryl methyl sites for hydroxylation is 2. The van der Waals surface area contributed by atoms with Gasteiger partial charge in [-0.3, -0.25) is 4.90 Å². The van der Waals surface area contributed by atoms with Crippen molar-refractivity contribution in [3.8, 4) is 0 Å². The zero-order valence-corrected chi connectivity index (χ0v) is 15.1. The van der Waals surface area contributed by atoms with E-state index >= 15 is 0 Å². The van der Waals surface area contributed by atoms with E-state index in [1.165, 1.54) is 5.69 Å². The summed E-state index contributed by atoms with van der Waals surface area (Å²) in [5.41, 5.74) is 2.20. The quantitative estimate of drug-likeness (QED) is 0.853. The molecule has 0 radical (unpaired) electrons. The van der Waals surface area contributed by atoms with Gasteiger partial charge in [0.15, 0.2) is 0 Å². The first-order valence-corrected chi connectivity index (χ1v) is 8.80. The third-order valence-corrected chi connectivity index (χ3v) is 4.82. The van der Waals surface area contributed by atoms with Gasteiger partial charge in [0.05, 0.1) is 10.7 Å². The van der Waals surface area contributed by atoms with E-state index in [9.17, 15) is 0 Å². The lowest BCUT2D eigenvalue weighted by molar-refractivity contribution is 0.246. The van der Waals surface area contributed by atoms with E-state index in [2.05, 4.69) is 37.1 Å². The number of thiazole rings is 1. The molecule has 1 saturated heterocycles. The maximum Gasteiger partial charge on any atom is 0.227 e. The number of anilines is 2. The molecule has 2 aromatic rings. The zero-order chi connectivity index (χ0) is 16.4. The van der Waals surface area contributed by atoms with Crippen molar-refractivity contribution < 1.29 is 0 Å². The number of nitrogens with zero attached hydrogens (tertiary/aromatic N) is 6. The Kier molecular flexibility index (Phi) is 4.77. The van der Waals surface area contributed by atoms with Gasteiger partial charge in [0.2, 0.25) is 5.95 Å². The smallest absolute Gasteiger partial charge is 0.227 e. The summed E-state index contributed by atoms with van der Waals surface area (Å²) in [5, 5.41) is 3.30. The number of hydrogen-bond acceptors (Lipinski definition) is 7. The summed E-state index contributed by atoms with van der Waals surface area (Å²) in [7, 11) is 4.03. The highest BCUT2D eigenvalue weighted by atomic mass is 32.1. The van der Waals surface area contributed by atoms with Gasteiger partial charge < -0.3 is 9.80 Å². The number of hydrogen-bond donors (Lipinski definition) is 0. The van der Waals surface area contributed by atoms with Crippen LogP contribution in [-0.2, 0) is 6.54 Å². The molecule has 23 heavy (non-hydrogen) atoms. The van der Waals surface area contributed by atoms with Gasteiger partial charge in [0.1, 0.15) is 5.82 Å². The minimum absolute atomic E-state index is 0.845. The molecular formula is C16H24N6S. The van der Waals surface area contributed by atoms with Crippen molar-refractivity contribution in [1.29, 1.82) is 0 Å². The number of rotatable bonds is 4. The molecule has 0 unspecified atom stereocenters. The minimum atomic E-state index is 0.845. The number of piperazine rings is 1. The second-order valence-electron chi connectivity index (χ2n) is 6.18. The molecule has 0 aromatic carbocycles. The largest absolute Gasteiger partial charge is 0.363 e. The van der Waals surface area contributed by atoms with E-state index in [0.29, 0.717) is 0 Å². The first kappa shape index (κ1) is 16.1. The van der Waals surface area contributed by atoms with Gasteiger partial charge in [-0.25, -0.2) is 9.97 Å². The Morgan fingerprint density at radius 2 is 1.83 bits per heavy atom. The van der Waals surface area contributed by atoms with Crippen LogP contribution in [0.3, 0.4) is 0 Å². The molecule has 0 amide bonds. The molecule has 0 N–H and O–H groups in total. The van der Waals surface area contributed by atoms with Crippen LogP contribution in [0.1, 0.15) is 16.4 Å². The van der Waals surface area contributed by atoms with E-state index in [1.54, 1.807) is 11.3 Å². The number of aromatic nitrogens is 3. The summed E-state index contributed by atoms with van der Waals surface area (Å²) in [6, 6.07) is 2.02. The van der Waals surface area contributed by atoms with Crippen molar-refractivity contribution in [3.63, 3.8) is 0 Å². The fourth-order valence-corrected chi connectivity index (χ4v) is 3.33. The Bertz CT molecular complexity index is 660. The monoisotopic (exact) mass is 332 g/mol. The van der Waals surface area contributed by atoms with Crippen LogP contribution in [0.2, 0.25) is 0 Å². The maximum absolute atomic E-state index is 4.68. The fraction of sp³-hybridized carbons (Fsp3) is 0.562. The van der Waals surface area contributed by atoms with E-state index < -0.39 is 0 Å². The highest BCUT2D eigenvalue weighted by molar-refractivity contribution is 7.09. The second-order valence-corrected chi connectivity index (χ2v) is 7.25. The van der Waals surface area contributed by atoms with Crippen molar-refractivity contribution >= 4 is 23.1 Å². The summed E-state index contributed by atoms with van der Waals surface area (Å²) in [4.78, 5) is 20.6. The molecule has 0 bridgehead atoms. The SMILES string of the molecule is Cc1cc(N(C)C)nc(N2CCN(Cc3csc(C)n3)CC2)n1. The Morgan fingerprint density at radius 1 is 1.09 bits per heavy atom. The average molecular weight is 332 g/mol. The summed E-state index contributed by atoms with van der Waals surface area (Å²) in [6.07, 6.45) is 0. The second kappa shape index (κ2) is 6.80. The zero-order valence-electron chi connectivity index (χ0n) is 14.3. The Balaban J connectivity index is 1.62. The van der Waals surface area contributed by atoms with Gasteiger partial charge in [-0.2, -0.15) is 4.98 Å². The summed E-state index contributed by atoms with van der Waals surface area (Å²) < 4.78 is 0. The molecule has 3 heterocycles. The normalized spacial score (nSPS) is 15.9. The first-order valence-electron chi connectivity index (χ1n) is 7.92. The molecule has 1 aliphatic rings. The Hall–Kier alpha value is -1.73. The molecule has 2 aromatic heterocycles. The maximum atomic E-state index is 4.68. The van der Waals surface area contributed by atoms with Crippen molar-refractivity contribution in [2.45, 2.75) is 20.4 Å². The van der Waals surface area contributed by atoms with E-state index in [4.69, 9.17) is 0 Å². The van der Waals surface area contributed by atoms with Gasteiger partial charge in [-0.1, -0.05) is 0 Å². The molecule has 3 rings (SSSR count). The summed E-state index contributed by atoms with van der Waals surface area (Å²) >= 11 is 1.72.